The van der Waals surface area contributed by atoms with Crippen LogP contribution in [0, 0.1) is 5.92 Å². The molecule has 0 saturated heterocycles. The van der Waals surface area contributed by atoms with E-state index in [0.29, 0.717) is 40.7 Å². The Morgan fingerprint density at radius 3 is 2.28 bits per heavy atom. The van der Waals surface area contributed by atoms with E-state index in [1.807, 2.05) is 66.7 Å². The number of methoxy groups -OCH3 is 2. The molecular weight excluding hydrogens is 497 g/mol. The number of halogens is 2. The summed E-state index contributed by atoms with van der Waals surface area (Å²) in [6.45, 7) is 0.971. The molecule has 0 aromatic heterocycles. The highest BCUT2D eigenvalue weighted by molar-refractivity contribution is 6.30. The topological polar surface area (TPSA) is 60.0 Å². The molecule has 36 heavy (non-hydrogen) atoms. The Balaban J connectivity index is 1.51. The first-order chi connectivity index (χ1) is 17.5. The molecule has 0 heterocycles. The van der Waals surface area contributed by atoms with Crippen molar-refractivity contribution in [1.29, 1.82) is 0 Å². The van der Waals surface area contributed by atoms with Gasteiger partial charge in [-0.2, -0.15) is 0 Å². The fraction of sp³-hybridized carbons (Fsp3) is 0.379. The highest BCUT2D eigenvalue weighted by Crippen LogP contribution is 2.36. The molecule has 7 heteroatoms. The van der Waals surface area contributed by atoms with Crippen LogP contribution in [0.5, 0.6) is 11.5 Å². The van der Waals surface area contributed by atoms with Crippen LogP contribution in [0.4, 0.5) is 0 Å². The van der Waals surface area contributed by atoms with Gasteiger partial charge in [-0.15, -0.1) is 0 Å². The molecule has 5 nitrogen and oxygen atoms in total. The number of benzene rings is 3. The van der Waals surface area contributed by atoms with Crippen molar-refractivity contribution in [1.82, 2.24) is 5.32 Å². The van der Waals surface area contributed by atoms with E-state index in [1.54, 1.807) is 14.2 Å². The molecule has 0 radical (unpaired) electrons. The van der Waals surface area contributed by atoms with E-state index in [0.717, 1.165) is 29.5 Å². The standard InChI is InChI=1S/C29H33Cl2NO4/c1-34-26-14-9-19(15-27(26)35-2)17-36-18-25(20-5-3-6-20)32-28(21-10-12-23(30)13-11-21)29(33)22-7-4-8-24(31)16-22/h4,7-16,20,25,28-29,32-33H,3,5-6,17-18H2,1-2H3/t25-,28+,29+/m0/s1. The molecule has 2 N–H and O–H groups in total. The number of aliphatic hydroxyl groups excluding tert-OH is 1. The quantitative estimate of drug-likeness (QED) is 0.271. The van der Waals surface area contributed by atoms with Crippen LogP contribution in [0.15, 0.2) is 66.7 Å². The lowest BCUT2D eigenvalue weighted by molar-refractivity contribution is 0.0426. The van der Waals surface area contributed by atoms with Gasteiger partial charge >= 0.3 is 0 Å². The zero-order valence-electron chi connectivity index (χ0n) is 20.6. The predicted octanol–water partition coefficient (Wildman–Crippen LogP) is 6.76. The van der Waals surface area contributed by atoms with Gasteiger partial charge in [-0.1, -0.05) is 60.0 Å². The lowest BCUT2D eigenvalue weighted by Gasteiger charge is -2.38. The van der Waals surface area contributed by atoms with Crippen LogP contribution < -0.4 is 14.8 Å². The molecule has 0 aliphatic heterocycles. The highest BCUT2D eigenvalue weighted by Gasteiger charge is 2.32. The molecule has 3 atom stereocenters. The van der Waals surface area contributed by atoms with E-state index in [4.69, 9.17) is 37.4 Å². The molecule has 4 rings (SSSR count). The maximum Gasteiger partial charge on any atom is 0.161 e. The van der Waals surface area contributed by atoms with Crippen molar-refractivity contribution in [3.63, 3.8) is 0 Å². The summed E-state index contributed by atoms with van der Waals surface area (Å²) in [5.74, 6) is 1.85. The van der Waals surface area contributed by atoms with Crippen molar-refractivity contribution in [2.24, 2.45) is 5.92 Å². The summed E-state index contributed by atoms with van der Waals surface area (Å²) in [4.78, 5) is 0. The second-order valence-electron chi connectivity index (χ2n) is 9.20. The first kappa shape index (κ1) is 26.8. The minimum absolute atomic E-state index is 0.0772. The molecule has 1 aliphatic carbocycles. The van der Waals surface area contributed by atoms with Crippen LogP contribution >= 0.6 is 23.2 Å². The van der Waals surface area contributed by atoms with Crippen LogP contribution in [0.25, 0.3) is 0 Å². The number of aliphatic hydroxyl groups is 1. The summed E-state index contributed by atoms with van der Waals surface area (Å²) in [5.41, 5.74) is 2.72. The van der Waals surface area contributed by atoms with Crippen LogP contribution in [0.1, 0.15) is 48.1 Å². The van der Waals surface area contributed by atoms with Gasteiger partial charge < -0.3 is 24.6 Å². The molecule has 0 unspecified atom stereocenters. The second-order valence-corrected chi connectivity index (χ2v) is 10.1. The summed E-state index contributed by atoms with van der Waals surface area (Å²) in [7, 11) is 3.25. The molecular formula is C29H33Cl2NO4. The molecule has 0 spiro atoms. The minimum Gasteiger partial charge on any atom is -0.493 e. The summed E-state index contributed by atoms with van der Waals surface area (Å²) in [6.07, 6.45) is 2.69. The van der Waals surface area contributed by atoms with E-state index < -0.39 is 6.10 Å². The van der Waals surface area contributed by atoms with Crippen LogP contribution in [-0.4, -0.2) is 32.0 Å². The minimum atomic E-state index is -0.793. The maximum absolute atomic E-state index is 11.4. The maximum atomic E-state index is 11.4. The SMILES string of the molecule is COc1ccc(COC[C@H](N[C@H](c2ccc(Cl)cc2)[C@H](O)c2cccc(Cl)c2)C2CCC2)cc1OC. The summed E-state index contributed by atoms with van der Waals surface area (Å²) in [6, 6.07) is 20.5. The molecule has 3 aromatic carbocycles. The Morgan fingerprint density at radius 1 is 0.889 bits per heavy atom. The van der Waals surface area contributed by atoms with Crippen molar-refractivity contribution in [2.45, 2.75) is 44.1 Å². The Labute approximate surface area is 223 Å². The van der Waals surface area contributed by atoms with Crippen molar-refractivity contribution in [3.8, 4) is 11.5 Å². The number of ether oxygens (including phenoxy) is 3. The average Bonchev–Trinajstić information content (AvgIpc) is 2.86. The van der Waals surface area contributed by atoms with E-state index in [9.17, 15) is 5.11 Å². The predicted molar refractivity (Wildman–Crippen MR) is 144 cm³/mol. The zero-order chi connectivity index (χ0) is 25.5. The number of hydrogen-bond acceptors (Lipinski definition) is 5. The Kier molecular flexibility index (Phi) is 9.52. The van der Waals surface area contributed by atoms with Gasteiger partial charge in [-0.3, -0.25) is 0 Å². The monoisotopic (exact) mass is 529 g/mol. The first-order valence-electron chi connectivity index (χ1n) is 12.2. The van der Waals surface area contributed by atoms with Crippen molar-refractivity contribution in [3.05, 3.63) is 93.5 Å². The Bertz CT molecular complexity index is 1120. The fourth-order valence-corrected chi connectivity index (χ4v) is 4.91. The van der Waals surface area contributed by atoms with E-state index in [2.05, 4.69) is 5.32 Å². The normalized spacial score (nSPS) is 16.1. The Hall–Kier alpha value is -2.28. The van der Waals surface area contributed by atoms with Gasteiger partial charge in [0, 0.05) is 16.1 Å². The molecule has 192 valence electrons. The smallest absolute Gasteiger partial charge is 0.161 e. The van der Waals surface area contributed by atoms with Crippen molar-refractivity contribution >= 4 is 23.2 Å². The van der Waals surface area contributed by atoms with E-state index in [-0.39, 0.29) is 12.1 Å². The summed E-state index contributed by atoms with van der Waals surface area (Å²) in [5, 5.41) is 16.4. The average molecular weight is 530 g/mol. The molecule has 1 saturated carbocycles. The van der Waals surface area contributed by atoms with Crippen molar-refractivity contribution < 1.29 is 19.3 Å². The van der Waals surface area contributed by atoms with Crippen LogP contribution in [0.3, 0.4) is 0 Å². The van der Waals surface area contributed by atoms with Gasteiger partial charge in [0.25, 0.3) is 0 Å². The number of hydrogen-bond donors (Lipinski definition) is 2. The van der Waals surface area contributed by atoms with E-state index in [1.165, 1.54) is 6.42 Å². The van der Waals surface area contributed by atoms with Gasteiger partial charge in [0.15, 0.2) is 11.5 Å². The number of nitrogens with one attached hydrogen (secondary N) is 1. The lowest BCUT2D eigenvalue weighted by Crippen LogP contribution is -2.46. The lowest BCUT2D eigenvalue weighted by atomic mass is 9.79. The third kappa shape index (κ3) is 6.72. The van der Waals surface area contributed by atoms with Crippen molar-refractivity contribution in [2.75, 3.05) is 20.8 Å². The first-order valence-corrected chi connectivity index (χ1v) is 13.0. The largest absolute Gasteiger partial charge is 0.493 e. The van der Waals surface area contributed by atoms with E-state index >= 15 is 0 Å². The van der Waals surface area contributed by atoms with Gasteiger partial charge in [-0.25, -0.2) is 0 Å². The van der Waals surface area contributed by atoms with Gasteiger partial charge in [0.1, 0.15) is 0 Å². The Morgan fingerprint density at radius 2 is 1.64 bits per heavy atom. The van der Waals surface area contributed by atoms with Gasteiger partial charge in [-0.05, 0) is 71.8 Å². The molecule has 0 bridgehead atoms. The van der Waals surface area contributed by atoms with Crippen LogP contribution in [0.2, 0.25) is 10.0 Å². The number of rotatable bonds is 12. The van der Waals surface area contributed by atoms with Gasteiger partial charge in [0.2, 0.25) is 0 Å². The molecule has 0 amide bonds. The summed E-state index contributed by atoms with van der Waals surface area (Å²) >= 11 is 12.4. The molecule has 1 aliphatic rings. The second kappa shape index (κ2) is 12.8. The molecule has 1 fully saturated rings. The van der Waals surface area contributed by atoms with Gasteiger partial charge in [0.05, 0.1) is 39.6 Å². The highest BCUT2D eigenvalue weighted by atomic mass is 35.5. The third-order valence-corrected chi connectivity index (χ3v) is 7.35. The third-order valence-electron chi connectivity index (χ3n) is 6.86. The fourth-order valence-electron chi connectivity index (χ4n) is 4.59. The zero-order valence-corrected chi connectivity index (χ0v) is 22.1. The van der Waals surface area contributed by atoms with Crippen LogP contribution in [-0.2, 0) is 11.3 Å². The summed E-state index contributed by atoms with van der Waals surface area (Å²) < 4.78 is 16.9. The molecule has 3 aromatic rings.